The van der Waals surface area contributed by atoms with E-state index in [1.54, 1.807) is 24.3 Å². The van der Waals surface area contributed by atoms with Gasteiger partial charge in [-0.2, -0.15) is 0 Å². The Labute approximate surface area is 320 Å². The van der Waals surface area contributed by atoms with Crippen LogP contribution in [-0.4, -0.2) is 81.7 Å². The molecule has 15 nitrogen and oxygen atoms in total. The van der Waals surface area contributed by atoms with Crippen LogP contribution in [0.4, 0.5) is 0 Å². The molecule has 0 saturated heterocycles. The number of aromatic nitrogens is 2. The Hall–Kier alpha value is -6.09. The minimum absolute atomic E-state index is 0.0241. The average molecular weight is 754 g/mol. The smallest absolute Gasteiger partial charge is 0.243 e. The summed E-state index contributed by atoms with van der Waals surface area (Å²) in [7, 11) is 0. The van der Waals surface area contributed by atoms with Gasteiger partial charge in [0.05, 0.1) is 11.9 Å². The van der Waals surface area contributed by atoms with Crippen molar-refractivity contribution in [1.29, 1.82) is 0 Å². The minimum Gasteiger partial charge on any atom is -0.368 e. The van der Waals surface area contributed by atoms with E-state index in [1.165, 1.54) is 33.3 Å². The third kappa shape index (κ3) is 13.4. The summed E-state index contributed by atoms with van der Waals surface area (Å²) < 4.78 is 0. The lowest BCUT2D eigenvalue weighted by Crippen LogP contribution is -2.60. The molecular formula is C40H51N9O6. The van der Waals surface area contributed by atoms with Crippen molar-refractivity contribution < 1.29 is 28.8 Å². The van der Waals surface area contributed by atoms with Crippen LogP contribution in [0.25, 0.3) is 10.8 Å². The molecule has 4 atom stereocenters. The standard InChI is InChI=1S/C40H51N9O6/c1-25(50)44-18-10-9-15-31(35(41)51)46-36(52)32(20-26-11-5-4-6-12-26)47-37(53)33(21-27-16-17-28-13-7-8-14-29(28)19-27)48-38(54)34(22-30-23-43-24-45-30)49-39(55)40(2,3)42/h4-8,11-14,16-17,19,23-24,31-34H,9-10,15,18,20-22,42H2,1-3H3,(H2,41,51)(H,43,45)(H,44,50)(H,46,52)(H,47,53)(H,48,54)(H,49,55)/t31-,32?,33+,34-/m0/s1. The molecule has 0 saturated carbocycles. The van der Waals surface area contributed by atoms with Crippen LogP contribution >= 0.6 is 0 Å². The number of H-pyrrole nitrogens is 1. The molecule has 0 bridgehead atoms. The molecule has 0 aliphatic rings. The van der Waals surface area contributed by atoms with Gasteiger partial charge in [-0.15, -0.1) is 0 Å². The number of hydrogen-bond acceptors (Lipinski definition) is 8. The van der Waals surface area contributed by atoms with Crippen molar-refractivity contribution in [3.05, 3.63) is 102 Å². The van der Waals surface area contributed by atoms with E-state index in [-0.39, 0.29) is 31.6 Å². The lowest BCUT2D eigenvalue weighted by atomic mass is 9.99. The molecule has 0 fully saturated rings. The molecule has 3 aromatic carbocycles. The second kappa shape index (κ2) is 19.8. The fourth-order valence-corrected chi connectivity index (χ4v) is 5.88. The van der Waals surface area contributed by atoms with Gasteiger partial charge >= 0.3 is 0 Å². The molecule has 0 aliphatic heterocycles. The lowest BCUT2D eigenvalue weighted by Gasteiger charge is -2.27. The van der Waals surface area contributed by atoms with Gasteiger partial charge in [0.15, 0.2) is 0 Å². The maximum Gasteiger partial charge on any atom is 0.243 e. The first-order valence-corrected chi connectivity index (χ1v) is 18.2. The van der Waals surface area contributed by atoms with Gasteiger partial charge in [-0.25, -0.2) is 4.98 Å². The summed E-state index contributed by atoms with van der Waals surface area (Å²) in [6, 6.07) is 17.8. The number of nitrogens with zero attached hydrogens (tertiary/aromatic N) is 1. The van der Waals surface area contributed by atoms with E-state index in [1.807, 2.05) is 48.5 Å². The van der Waals surface area contributed by atoms with E-state index in [0.29, 0.717) is 25.1 Å². The Balaban J connectivity index is 1.62. The van der Waals surface area contributed by atoms with E-state index in [4.69, 9.17) is 11.5 Å². The number of nitrogens with one attached hydrogen (secondary N) is 6. The fourth-order valence-electron chi connectivity index (χ4n) is 5.88. The molecule has 4 aromatic rings. The molecule has 1 heterocycles. The summed E-state index contributed by atoms with van der Waals surface area (Å²) in [5, 5.41) is 15.6. The zero-order valence-corrected chi connectivity index (χ0v) is 31.4. The van der Waals surface area contributed by atoms with Crippen molar-refractivity contribution in [2.24, 2.45) is 11.5 Å². The first-order valence-electron chi connectivity index (χ1n) is 18.2. The number of aromatic amines is 1. The highest BCUT2D eigenvalue weighted by atomic mass is 16.2. The number of rotatable bonds is 20. The summed E-state index contributed by atoms with van der Waals surface area (Å²) in [6.45, 7) is 4.83. The average Bonchev–Trinajstić information content (AvgIpc) is 3.66. The molecule has 292 valence electrons. The maximum atomic E-state index is 14.3. The monoisotopic (exact) mass is 753 g/mol. The summed E-state index contributed by atoms with van der Waals surface area (Å²) in [4.78, 5) is 85.8. The zero-order chi connectivity index (χ0) is 40.0. The van der Waals surface area contributed by atoms with Crippen LogP contribution in [0.5, 0.6) is 0 Å². The van der Waals surface area contributed by atoms with Crippen molar-refractivity contribution in [2.75, 3.05) is 6.54 Å². The van der Waals surface area contributed by atoms with Gasteiger partial charge in [0.2, 0.25) is 35.4 Å². The Kier molecular flexibility index (Phi) is 15.0. The number of carbonyl (C=O) groups is 6. The second-order valence-corrected chi connectivity index (χ2v) is 14.2. The van der Waals surface area contributed by atoms with Gasteiger partial charge in [0.1, 0.15) is 24.2 Å². The molecule has 1 unspecified atom stereocenters. The molecule has 0 radical (unpaired) electrons. The number of hydrogen-bond donors (Lipinski definition) is 8. The van der Waals surface area contributed by atoms with Crippen LogP contribution in [0, 0.1) is 0 Å². The number of unbranched alkanes of at least 4 members (excludes halogenated alkanes) is 1. The van der Waals surface area contributed by atoms with Crippen molar-refractivity contribution in [3.8, 4) is 0 Å². The predicted octanol–water partition coefficient (Wildman–Crippen LogP) is 1.06. The van der Waals surface area contributed by atoms with E-state index < -0.39 is 59.2 Å². The predicted molar refractivity (Wildman–Crippen MR) is 208 cm³/mol. The molecule has 15 heteroatoms. The van der Waals surface area contributed by atoms with E-state index in [0.717, 1.165) is 21.9 Å². The number of primary amides is 1. The van der Waals surface area contributed by atoms with Crippen LogP contribution in [0.1, 0.15) is 56.9 Å². The number of carbonyl (C=O) groups excluding carboxylic acids is 6. The van der Waals surface area contributed by atoms with Crippen molar-refractivity contribution in [2.45, 2.75) is 89.0 Å². The second-order valence-electron chi connectivity index (χ2n) is 14.2. The molecule has 0 aliphatic carbocycles. The Morgan fingerprint density at radius 3 is 1.87 bits per heavy atom. The molecule has 1 aromatic heterocycles. The number of benzene rings is 3. The van der Waals surface area contributed by atoms with Crippen LogP contribution < -0.4 is 38.1 Å². The largest absolute Gasteiger partial charge is 0.368 e. The Morgan fingerprint density at radius 1 is 0.709 bits per heavy atom. The zero-order valence-electron chi connectivity index (χ0n) is 31.4. The summed E-state index contributed by atoms with van der Waals surface area (Å²) in [5.41, 5.74) is 12.4. The van der Waals surface area contributed by atoms with Crippen LogP contribution in [0.3, 0.4) is 0 Å². The summed E-state index contributed by atoms with van der Waals surface area (Å²) in [6.07, 6.45) is 4.36. The highest BCUT2D eigenvalue weighted by molar-refractivity contribution is 5.96. The highest BCUT2D eigenvalue weighted by Crippen LogP contribution is 2.17. The third-order valence-corrected chi connectivity index (χ3v) is 8.94. The quantitative estimate of drug-likeness (QED) is 0.0606. The molecule has 6 amide bonds. The van der Waals surface area contributed by atoms with E-state index >= 15 is 0 Å². The van der Waals surface area contributed by atoms with Gasteiger partial charge in [-0.3, -0.25) is 28.8 Å². The molecule has 55 heavy (non-hydrogen) atoms. The van der Waals surface area contributed by atoms with Gasteiger partial charge < -0.3 is 43.0 Å². The van der Waals surface area contributed by atoms with Gasteiger partial charge in [-0.05, 0) is 55.0 Å². The molecule has 0 spiro atoms. The SMILES string of the molecule is CC(=O)NCCCC[C@H](NC(=O)C(Cc1ccccc1)NC(=O)[C@@H](Cc1ccc2ccccc2c1)NC(=O)[C@H](Cc1cnc[nH]1)NC(=O)C(C)(C)N)C(N)=O. The number of amides is 6. The molecule has 4 rings (SSSR count). The topological polar surface area (TPSA) is 243 Å². The van der Waals surface area contributed by atoms with Crippen LogP contribution in [-0.2, 0) is 48.0 Å². The number of fused-ring (bicyclic) bond motifs is 1. The number of imidazole rings is 1. The maximum absolute atomic E-state index is 14.3. The molecular weight excluding hydrogens is 702 g/mol. The van der Waals surface area contributed by atoms with E-state index in [2.05, 4.69) is 36.6 Å². The van der Waals surface area contributed by atoms with Gasteiger partial charge in [0, 0.05) is 44.6 Å². The summed E-state index contributed by atoms with van der Waals surface area (Å²) in [5.74, 6) is -3.48. The summed E-state index contributed by atoms with van der Waals surface area (Å²) >= 11 is 0. The van der Waals surface area contributed by atoms with Crippen LogP contribution in [0.15, 0.2) is 85.3 Å². The normalized spacial score (nSPS) is 13.5. The Morgan fingerprint density at radius 2 is 1.29 bits per heavy atom. The third-order valence-electron chi connectivity index (χ3n) is 8.94. The van der Waals surface area contributed by atoms with Gasteiger partial charge in [-0.1, -0.05) is 72.8 Å². The van der Waals surface area contributed by atoms with Crippen LogP contribution in [0.2, 0.25) is 0 Å². The first kappa shape index (κ1) is 41.7. The highest BCUT2D eigenvalue weighted by Gasteiger charge is 2.33. The fraction of sp³-hybridized carbons (Fsp3) is 0.375. The lowest BCUT2D eigenvalue weighted by molar-refractivity contribution is -0.134. The van der Waals surface area contributed by atoms with Gasteiger partial charge in [0.25, 0.3) is 0 Å². The van der Waals surface area contributed by atoms with Crippen molar-refractivity contribution in [1.82, 2.24) is 36.6 Å². The Bertz CT molecular complexity index is 1930. The van der Waals surface area contributed by atoms with E-state index in [9.17, 15) is 28.8 Å². The number of nitrogens with two attached hydrogens (primary N) is 2. The molecule has 10 N–H and O–H groups in total. The minimum atomic E-state index is -1.30. The van der Waals surface area contributed by atoms with Crippen molar-refractivity contribution >= 4 is 46.2 Å². The van der Waals surface area contributed by atoms with Crippen molar-refractivity contribution in [3.63, 3.8) is 0 Å². The first-order chi connectivity index (χ1) is 26.2.